The SMILES string of the molecule is O=C(O)N1CC[C@]2(c3ccc(Cl)c(Cl)c3)CC2(CO)C1. The molecule has 3 rings (SSSR count). The van der Waals surface area contributed by atoms with Crippen molar-refractivity contribution in [2.45, 2.75) is 18.3 Å². The predicted octanol–water partition coefficient (Wildman–Crippen LogP) is 3.00. The average molecular weight is 316 g/mol. The summed E-state index contributed by atoms with van der Waals surface area (Å²) in [5, 5.41) is 19.9. The fourth-order valence-corrected chi connectivity index (χ4v) is 3.93. The normalized spacial score (nSPS) is 31.9. The first-order chi connectivity index (χ1) is 9.44. The van der Waals surface area contributed by atoms with E-state index in [1.165, 1.54) is 4.90 Å². The van der Waals surface area contributed by atoms with Crippen molar-refractivity contribution in [2.24, 2.45) is 5.41 Å². The van der Waals surface area contributed by atoms with Crippen molar-refractivity contribution < 1.29 is 15.0 Å². The Labute approximate surface area is 126 Å². The summed E-state index contributed by atoms with van der Waals surface area (Å²) in [6.07, 6.45) is 0.572. The largest absolute Gasteiger partial charge is 0.465 e. The topological polar surface area (TPSA) is 60.8 Å². The van der Waals surface area contributed by atoms with E-state index in [9.17, 15) is 9.90 Å². The lowest BCUT2D eigenvalue weighted by Crippen LogP contribution is -2.45. The molecule has 0 spiro atoms. The van der Waals surface area contributed by atoms with Crippen LogP contribution in [0.2, 0.25) is 10.0 Å². The zero-order chi connectivity index (χ0) is 14.5. The standard InChI is InChI=1S/C14H15Cl2NO3/c15-10-2-1-9(5-11(10)16)14-3-4-17(12(19)20)7-13(14,6-14)8-18/h1-2,5,18H,3-4,6-8H2,(H,19,20)/t13?,14-/m1/s1. The van der Waals surface area contributed by atoms with Crippen LogP contribution in [0, 0.1) is 5.41 Å². The molecular formula is C14H15Cl2NO3. The molecule has 1 aliphatic heterocycles. The molecule has 1 aromatic carbocycles. The van der Waals surface area contributed by atoms with E-state index in [1.807, 2.05) is 12.1 Å². The number of halogens is 2. The summed E-state index contributed by atoms with van der Waals surface area (Å²) in [7, 11) is 0. The highest BCUT2D eigenvalue weighted by atomic mass is 35.5. The van der Waals surface area contributed by atoms with Crippen molar-refractivity contribution in [1.29, 1.82) is 0 Å². The van der Waals surface area contributed by atoms with E-state index >= 15 is 0 Å². The van der Waals surface area contributed by atoms with Crippen LogP contribution in [0.25, 0.3) is 0 Å². The van der Waals surface area contributed by atoms with Gasteiger partial charge in [0.05, 0.1) is 16.7 Å². The number of likely N-dealkylation sites (tertiary alicyclic amines) is 1. The molecule has 6 heteroatoms. The van der Waals surface area contributed by atoms with Gasteiger partial charge in [0.15, 0.2) is 0 Å². The molecular weight excluding hydrogens is 301 g/mol. The van der Waals surface area contributed by atoms with E-state index in [1.54, 1.807) is 6.07 Å². The third kappa shape index (κ3) is 1.82. The molecule has 1 amide bonds. The van der Waals surface area contributed by atoms with Gasteiger partial charge in [-0.1, -0.05) is 29.3 Å². The van der Waals surface area contributed by atoms with Gasteiger partial charge in [-0.15, -0.1) is 0 Å². The van der Waals surface area contributed by atoms with Crippen molar-refractivity contribution in [2.75, 3.05) is 19.7 Å². The third-order valence-electron chi connectivity index (χ3n) is 4.88. The van der Waals surface area contributed by atoms with Crippen LogP contribution in [-0.4, -0.2) is 40.9 Å². The lowest BCUT2D eigenvalue weighted by Gasteiger charge is -2.36. The van der Waals surface area contributed by atoms with Crippen LogP contribution in [0.3, 0.4) is 0 Å². The molecule has 1 aromatic rings. The second-order valence-corrected chi connectivity index (χ2v) is 6.59. The molecule has 2 N–H and O–H groups in total. The number of piperidine rings is 1. The monoisotopic (exact) mass is 315 g/mol. The number of aliphatic hydroxyl groups is 1. The van der Waals surface area contributed by atoms with Gasteiger partial charge in [0.1, 0.15) is 0 Å². The van der Waals surface area contributed by atoms with Crippen molar-refractivity contribution in [3.05, 3.63) is 33.8 Å². The van der Waals surface area contributed by atoms with Crippen LogP contribution >= 0.6 is 23.2 Å². The minimum atomic E-state index is -0.924. The minimum absolute atomic E-state index is 0.0168. The van der Waals surface area contributed by atoms with E-state index in [0.717, 1.165) is 12.0 Å². The molecule has 20 heavy (non-hydrogen) atoms. The predicted molar refractivity (Wildman–Crippen MR) is 76.5 cm³/mol. The Morgan fingerprint density at radius 1 is 1.35 bits per heavy atom. The van der Waals surface area contributed by atoms with Crippen LogP contribution in [-0.2, 0) is 5.41 Å². The maximum atomic E-state index is 11.1. The number of aliphatic hydroxyl groups excluding tert-OH is 1. The minimum Gasteiger partial charge on any atom is -0.465 e. The van der Waals surface area contributed by atoms with Gasteiger partial charge in [0, 0.05) is 23.9 Å². The molecule has 1 heterocycles. The van der Waals surface area contributed by atoms with Crippen LogP contribution in [0.4, 0.5) is 4.79 Å². The molecule has 1 unspecified atom stereocenters. The number of hydrogen-bond donors (Lipinski definition) is 2. The summed E-state index contributed by atoms with van der Waals surface area (Å²) in [5.41, 5.74) is 0.508. The maximum absolute atomic E-state index is 11.1. The summed E-state index contributed by atoms with van der Waals surface area (Å²) in [5.74, 6) is 0. The Morgan fingerprint density at radius 3 is 2.70 bits per heavy atom. The number of benzene rings is 1. The van der Waals surface area contributed by atoms with Gasteiger partial charge in [-0.05, 0) is 30.5 Å². The number of nitrogens with zero attached hydrogens (tertiary/aromatic N) is 1. The Morgan fingerprint density at radius 2 is 2.10 bits per heavy atom. The van der Waals surface area contributed by atoms with Gasteiger partial charge in [0.2, 0.25) is 0 Å². The van der Waals surface area contributed by atoms with Crippen LogP contribution in [0.1, 0.15) is 18.4 Å². The summed E-state index contributed by atoms with van der Waals surface area (Å²) in [6, 6.07) is 5.54. The summed E-state index contributed by atoms with van der Waals surface area (Å²) < 4.78 is 0. The molecule has 1 saturated carbocycles. The highest BCUT2D eigenvalue weighted by molar-refractivity contribution is 6.42. The highest BCUT2D eigenvalue weighted by Gasteiger charge is 2.69. The first kappa shape index (κ1) is 14.0. The van der Waals surface area contributed by atoms with Crippen LogP contribution < -0.4 is 0 Å². The Bertz CT molecular complexity index is 580. The molecule has 0 radical (unpaired) electrons. The molecule has 2 fully saturated rings. The number of fused-ring (bicyclic) bond motifs is 1. The molecule has 0 aromatic heterocycles. The first-order valence-electron chi connectivity index (χ1n) is 6.48. The number of hydrogen-bond acceptors (Lipinski definition) is 2. The van der Waals surface area contributed by atoms with Gasteiger partial charge >= 0.3 is 6.09 Å². The van der Waals surface area contributed by atoms with Crippen LogP contribution in [0.15, 0.2) is 18.2 Å². The zero-order valence-electron chi connectivity index (χ0n) is 10.8. The molecule has 2 atom stereocenters. The van der Waals surface area contributed by atoms with Gasteiger partial charge in [-0.2, -0.15) is 0 Å². The molecule has 0 bridgehead atoms. The van der Waals surface area contributed by atoms with Gasteiger partial charge in [-0.3, -0.25) is 0 Å². The summed E-state index contributed by atoms with van der Waals surface area (Å²) in [6.45, 7) is 0.841. The number of amides is 1. The van der Waals surface area contributed by atoms with Crippen molar-refractivity contribution >= 4 is 29.3 Å². The van der Waals surface area contributed by atoms with E-state index in [4.69, 9.17) is 28.3 Å². The average Bonchev–Trinajstić information content (AvgIpc) is 3.11. The first-order valence-corrected chi connectivity index (χ1v) is 7.24. The quantitative estimate of drug-likeness (QED) is 0.882. The van der Waals surface area contributed by atoms with Crippen molar-refractivity contribution in [3.63, 3.8) is 0 Å². The Kier molecular flexibility index (Phi) is 3.16. The third-order valence-corrected chi connectivity index (χ3v) is 5.62. The highest BCUT2D eigenvalue weighted by Crippen LogP contribution is 2.68. The number of carbonyl (C=O) groups is 1. The lowest BCUT2D eigenvalue weighted by molar-refractivity contribution is 0.0840. The molecule has 2 aliphatic rings. The Hall–Kier alpha value is -0.970. The molecule has 1 aliphatic carbocycles. The van der Waals surface area contributed by atoms with E-state index in [0.29, 0.717) is 29.6 Å². The van der Waals surface area contributed by atoms with Crippen LogP contribution in [0.5, 0.6) is 0 Å². The maximum Gasteiger partial charge on any atom is 0.407 e. The van der Waals surface area contributed by atoms with E-state index < -0.39 is 6.09 Å². The second kappa shape index (κ2) is 4.52. The second-order valence-electron chi connectivity index (χ2n) is 5.78. The molecule has 108 valence electrons. The fourth-order valence-electron chi connectivity index (χ4n) is 3.63. The molecule has 4 nitrogen and oxygen atoms in total. The number of carboxylic acid groups (broad SMARTS) is 1. The van der Waals surface area contributed by atoms with Crippen molar-refractivity contribution in [1.82, 2.24) is 4.90 Å². The number of rotatable bonds is 2. The summed E-state index contributed by atoms with van der Waals surface area (Å²) >= 11 is 12.0. The van der Waals surface area contributed by atoms with E-state index in [2.05, 4.69) is 0 Å². The van der Waals surface area contributed by atoms with Gasteiger partial charge in [0.25, 0.3) is 0 Å². The fraction of sp³-hybridized carbons (Fsp3) is 0.500. The van der Waals surface area contributed by atoms with E-state index in [-0.39, 0.29) is 17.4 Å². The van der Waals surface area contributed by atoms with Crippen molar-refractivity contribution in [3.8, 4) is 0 Å². The summed E-state index contributed by atoms with van der Waals surface area (Å²) in [4.78, 5) is 12.5. The zero-order valence-corrected chi connectivity index (χ0v) is 12.3. The Balaban J connectivity index is 1.94. The molecule has 1 saturated heterocycles. The lowest BCUT2D eigenvalue weighted by atomic mass is 9.80. The van der Waals surface area contributed by atoms with Gasteiger partial charge < -0.3 is 15.1 Å². The van der Waals surface area contributed by atoms with Gasteiger partial charge in [-0.25, -0.2) is 4.79 Å². The smallest absolute Gasteiger partial charge is 0.407 e.